The molecule has 1 amide bonds. The molecular formula is C11H12ClFN2O. The number of carbonyl (C=O) groups excluding carboxylic acids is 1. The van der Waals surface area contributed by atoms with Gasteiger partial charge in [0.2, 0.25) is 5.91 Å². The van der Waals surface area contributed by atoms with Crippen LogP contribution in [0, 0.1) is 5.82 Å². The SMILES string of the molecule is O=C(CNC1CC1)Nc1ccc(F)cc1Cl. The van der Waals surface area contributed by atoms with E-state index in [-0.39, 0.29) is 17.5 Å². The summed E-state index contributed by atoms with van der Waals surface area (Å²) in [6.45, 7) is 0.262. The van der Waals surface area contributed by atoms with Gasteiger partial charge in [-0.3, -0.25) is 4.79 Å². The van der Waals surface area contributed by atoms with Crippen LogP contribution in [0.4, 0.5) is 10.1 Å². The Morgan fingerprint density at radius 2 is 2.25 bits per heavy atom. The summed E-state index contributed by atoms with van der Waals surface area (Å²) in [4.78, 5) is 11.5. The summed E-state index contributed by atoms with van der Waals surface area (Å²) in [5.41, 5.74) is 0.436. The number of anilines is 1. The molecule has 86 valence electrons. The first-order chi connectivity index (χ1) is 7.65. The van der Waals surface area contributed by atoms with Crippen LogP contribution in [-0.4, -0.2) is 18.5 Å². The molecule has 0 unspecified atom stereocenters. The Labute approximate surface area is 98.0 Å². The highest BCUT2D eigenvalue weighted by atomic mass is 35.5. The molecule has 0 aromatic heterocycles. The van der Waals surface area contributed by atoms with E-state index in [0.29, 0.717) is 11.7 Å². The predicted octanol–water partition coefficient (Wildman–Crippen LogP) is 2.17. The third-order valence-corrected chi connectivity index (χ3v) is 2.65. The Bertz CT molecular complexity index is 407. The average molecular weight is 243 g/mol. The van der Waals surface area contributed by atoms with Gasteiger partial charge < -0.3 is 10.6 Å². The van der Waals surface area contributed by atoms with Crippen molar-refractivity contribution in [3.05, 3.63) is 29.0 Å². The first-order valence-corrected chi connectivity index (χ1v) is 5.51. The van der Waals surface area contributed by atoms with E-state index in [0.717, 1.165) is 12.8 Å². The maximum atomic E-state index is 12.7. The van der Waals surface area contributed by atoms with Crippen LogP contribution in [0.15, 0.2) is 18.2 Å². The first-order valence-electron chi connectivity index (χ1n) is 5.13. The minimum absolute atomic E-state index is 0.166. The lowest BCUT2D eigenvalue weighted by atomic mass is 10.3. The topological polar surface area (TPSA) is 41.1 Å². The van der Waals surface area contributed by atoms with Gasteiger partial charge in [-0.15, -0.1) is 0 Å². The first kappa shape index (κ1) is 11.4. The number of benzene rings is 1. The molecule has 1 fully saturated rings. The van der Waals surface area contributed by atoms with Gasteiger partial charge in [-0.25, -0.2) is 4.39 Å². The number of amides is 1. The number of rotatable bonds is 4. The quantitative estimate of drug-likeness (QED) is 0.850. The van der Waals surface area contributed by atoms with Gasteiger partial charge in [0, 0.05) is 6.04 Å². The molecule has 0 atom stereocenters. The molecule has 1 aliphatic rings. The predicted molar refractivity (Wildman–Crippen MR) is 61.1 cm³/mol. The molecule has 1 aliphatic carbocycles. The lowest BCUT2D eigenvalue weighted by molar-refractivity contribution is -0.115. The van der Waals surface area contributed by atoms with Crippen LogP contribution >= 0.6 is 11.6 Å². The number of nitrogens with one attached hydrogen (secondary N) is 2. The molecule has 0 bridgehead atoms. The lowest BCUT2D eigenvalue weighted by Gasteiger charge is -2.07. The second kappa shape index (κ2) is 4.80. The van der Waals surface area contributed by atoms with Crippen LogP contribution in [0.5, 0.6) is 0 Å². The van der Waals surface area contributed by atoms with Crippen molar-refractivity contribution in [3.8, 4) is 0 Å². The van der Waals surface area contributed by atoms with Crippen LogP contribution in [0.25, 0.3) is 0 Å². The van der Waals surface area contributed by atoms with Gasteiger partial charge in [0.25, 0.3) is 0 Å². The minimum Gasteiger partial charge on any atom is -0.324 e. The molecule has 2 N–H and O–H groups in total. The van der Waals surface area contributed by atoms with E-state index in [9.17, 15) is 9.18 Å². The molecule has 2 rings (SSSR count). The smallest absolute Gasteiger partial charge is 0.238 e. The van der Waals surface area contributed by atoms with Gasteiger partial charge in [-0.05, 0) is 31.0 Å². The van der Waals surface area contributed by atoms with E-state index in [1.165, 1.54) is 18.2 Å². The highest BCUT2D eigenvalue weighted by Gasteiger charge is 2.21. The monoisotopic (exact) mass is 242 g/mol. The zero-order valence-corrected chi connectivity index (χ0v) is 9.35. The second-order valence-corrected chi connectivity index (χ2v) is 4.23. The van der Waals surface area contributed by atoms with E-state index in [4.69, 9.17) is 11.6 Å². The normalized spacial score (nSPS) is 14.9. The van der Waals surface area contributed by atoms with Crippen molar-refractivity contribution in [2.24, 2.45) is 0 Å². The minimum atomic E-state index is -0.417. The van der Waals surface area contributed by atoms with E-state index < -0.39 is 5.82 Å². The number of hydrogen-bond acceptors (Lipinski definition) is 2. The van der Waals surface area contributed by atoms with E-state index in [1.807, 2.05) is 0 Å². The van der Waals surface area contributed by atoms with Gasteiger partial charge in [0.1, 0.15) is 5.82 Å². The van der Waals surface area contributed by atoms with Crippen molar-refractivity contribution in [1.29, 1.82) is 0 Å². The summed E-state index contributed by atoms with van der Waals surface area (Å²) in [5, 5.41) is 5.91. The fraction of sp³-hybridized carbons (Fsp3) is 0.364. The van der Waals surface area contributed by atoms with Gasteiger partial charge in [0.05, 0.1) is 17.3 Å². The maximum absolute atomic E-state index is 12.7. The maximum Gasteiger partial charge on any atom is 0.238 e. The Morgan fingerprint density at radius 1 is 1.50 bits per heavy atom. The Balaban J connectivity index is 1.89. The van der Waals surface area contributed by atoms with Gasteiger partial charge in [-0.1, -0.05) is 11.6 Å². The summed E-state index contributed by atoms with van der Waals surface area (Å²) in [5.74, 6) is -0.584. The van der Waals surface area contributed by atoms with Crippen LogP contribution in [0.2, 0.25) is 5.02 Å². The molecule has 1 aromatic rings. The Hall–Kier alpha value is -1.13. The summed E-state index contributed by atoms with van der Waals surface area (Å²) in [6, 6.07) is 4.36. The van der Waals surface area contributed by atoms with E-state index in [2.05, 4.69) is 10.6 Å². The standard InChI is InChI=1S/C11H12ClFN2O/c12-9-5-7(13)1-4-10(9)15-11(16)6-14-8-2-3-8/h1,4-5,8,14H,2-3,6H2,(H,15,16). The highest BCUT2D eigenvalue weighted by Crippen LogP contribution is 2.22. The van der Waals surface area contributed by atoms with Gasteiger partial charge in [-0.2, -0.15) is 0 Å². The van der Waals surface area contributed by atoms with Crippen molar-refractivity contribution in [1.82, 2.24) is 5.32 Å². The van der Waals surface area contributed by atoms with Crippen LogP contribution in [0.1, 0.15) is 12.8 Å². The molecule has 16 heavy (non-hydrogen) atoms. The number of halogens is 2. The fourth-order valence-electron chi connectivity index (χ4n) is 1.31. The van der Waals surface area contributed by atoms with E-state index in [1.54, 1.807) is 0 Å². The largest absolute Gasteiger partial charge is 0.324 e. The zero-order chi connectivity index (χ0) is 11.5. The Kier molecular flexibility index (Phi) is 3.41. The van der Waals surface area contributed by atoms with Crippen molar-refractivity contribution >= 4 is 23.2 Å². The summed E-state index contributed by atoms with van der Waals surface area (Å²) >= 11 is 5.77. The van der Waals surface area contributed by atoms with E-state index >= 15 is 0 Å². The lowest BCUT2D eigenvalue weighted by Crippen LogP contribution is -2.29. The summed E-state index contributed by atoms with van der Waals surface area (Å²) in [6.07, 6.45) is 2.26. The van der Waals surface area contributed by atoms with Crippen LogP contribution < -0.4 is 10.6 Å². The molecule has 3 nitrogen and oxygen atoms in total. The van der Waals surface area contributed by atoms with Crippen LogP contribution in [0.3, 0.4) is 0 Å². The third kappa shape index (κ3) is 3.18. The number of hydrogen-bond donors (Lipinski definition) is 2. The summed E-state index contributed by atoms with van der Waals surface area (Å²) < 4.78 is 12.7. The molecule has 1 aromatic carbocycles. The molecule has 5 heteroatoms. The summed E-state index contributed by atoms with van der Waals surface area (Å²) in [7, 11) is 0. The van der Waals surface area contributed by atoms with Crippen LogP contribution in [-0.2, 0) is 4.79 Å². The molecule has 1 saturated carbocycles. The average Bonchev–Trinajstić information content (AvgIpc) is 3.03. The van der Waals surface area contributed by atoms with Crippen molar-refractivity contribution < 1.29 is 9.18 Å². The third-order valence-electron chi connectivity index (χ3n) is 2.33. The molecule has 0 aliphatic heterocycles. The molecule has 0 heterocycles. The zero-order valence-electron chi connectivity index (χ0n) is 8.59. The molecule has 0 saturated heterocycles. The van der Waals surface area contributed by atoms with Gasteiger partial charge in [0.15, 0.2) is 0 Å². The fourth-order valence-corrected chi connectivity index (χ4v) is 1.52. The van der Waals surface area contributed by atoms with Gasteiger partial charge >= 0.3 is 0 Å². The highest BCUT2D eigenvalue weighted by molar-refractivity contribution is 6.33. The van der Waals surface area contributed by atoms with Crippen molar-refractivity contribution in [2.75, 3.05) is 11.9 Å². The Morgan fingerprint density at radius 3 is 2.88 bits per heavy atom. The van der Waals surface area contributed by atoms with Crippen molar-refractivity contribution in [3.63, 3.8) is 0 Å². The molecule has 0 spiro atoms. The molecule has 0 radical (unpaired) electrons. The second-order valence-electron chi connectivity index (χ2n) is 3.83. The number of carbonyl (C=O) groups is 1. The van der Waals surface area contributed by atoms with Crippen molar-refractivity contribution in [2.45, 2.75) is 18.9 Å². The molecular weight excluding hydrogens is 231 g/mol.